The van der Waals surface area contributed by atoms with Crippen LogP contribution in [-0.2, 0) is 17.8 Å². The van der Waals surface area contributed by atoms with Crippen molar-refractivity contribution in [1.82, 2.24) is 4.98 Å². The Morgan fingerprint density at radius 1 is 1.17 bits per heavy atom. The second-order valence-electron chi connectivity index (χ2n) is 4.41. The van der Waals surface area contributed by atoms with Gasteiger partial charge < -0.3 is 4.74 Å². The lowest BCUT2D eigenvalue weighted by atomic mass is 10.1. The lowest BCUT2D eigenvalue weighted by Gasteiger charge is -2.00. The summed E-state index contributed by atoms with van der Waals surface area (Å²) in [5, 5.41) is 0. The molecule has 0 atom stereocenters. The van der Waals surface area contributed by atoms with Gasteiger partial charge in [0.1, 0.15) is 12.4 Å². The molecule has 0 bridgehead atoms. The van der Waals surface area contributed by atoms with Crippen LogP contribution in [0.5, 0.6) is 0 Å². The lowest BCUT2D eigenvalue weighted by molar-refractivity contribution is 0.284. The van der Waals surface area contributed by atoms with Crippen LogP contribution in [0.15, 0.2) is 54.9 Å². The normalized spacial score (nSPS) is 15.4. The molecule has 0 N–H and O–H groups in total. The fourth-order valence-corrected chi connectivity index (χ4v) is 2.20. The first-order valence-corrected chi connectivity index (χ1v) is 6.23. The van der Waals surface area contributed by atoms with Gasteiger partial charge in [-0.25, -0.2) is 0 Å². The Labute approximate surface area is 107 Å². The van der Waals surface area contributed by atoms with E-state index in [4.69, 9.17) is 4.74 Å². The number of fused-ring (bicyclic) bond motifs is 1. The van der Waals surface area contributed by atoms with Gasteiger partial charge in [-0.05, 0) is 30.5 Å². The first-order valence-electron chi connectivity index (χ1n) is 6.23. The number of benzene rings is 1. The topological polar surface area (TPSA) is 22.1 Å². The summed E-state index contributed by atoms with van der Waals surface area (Å²) in [6.45, 7) is 0.703. The summed E-state index contributed by atoms with van der Waals surface area (Å²) >= 11 is 0. The standard InChI is InChI=1S/C16H15NO/c1-2-8-15-14(7-1)12-18-16(15)9-3-5-13-6-4-10-17-11-13/h1-2,4,6-11H,3,5,12H2. The molecule has 3 rings (SSSR count). The number of hydrogen-bond acceptors (Lipinski definition) is 2. The van der Waals surface area contributed by atoms with Gasteiger partial charge in [0.15, 0.2) is 0 Å². The van der Waals surface area contributed by atoms with Gasteiger partial charge in [0.05, 0.1) is 0 Å². The van der Waals surface area contributed by atoms with E-state index in [2.05, 4.69) is 41.4 Å². The van der Waals surface area contributed by atoms with Crippen LogP contribution in [-0.4, -0.2) is 4.98 Å². The third-order valence-electron chi connectivity index (χ3n) is 3.15. The average Bonchev–Trinajstić information content (AvgIpc) is 2.84. The van der Waals surface area contributed by atoms with Crippen LogP contribution in [0, 0.1) is 0 Å². The highest BCUT2D eigenvalue weighted by molar-refractivity contribution is 5.65. The van der Waals surface area contributed by atoms with Crippen LogP contribution >= 0.6 is 0 Å². The van der Waals surface area contributed by atoms with E-state index in [1.54, 1.807) is 6.20 Å². The van der Waals surface area contributed by atoms with Crippen molar-refractivity contribution >= 4 is 5.76 Å². The Balaban J connectivity index is 1.68. The number of aryl methyl sites for hydroxylation is 1. The predicted octanol–water partition coefficient (Wildman–Crippen LogP) is 3.59. The van der Waals surface area contributed by atoms with E-state index in [1.165, 1.54) is 16.7 Å². The van der Waals surface area contributed by atoms with Crippen molar-refractivity contribution in [3.63, 3.8) is 0 Å². The third-order valence-corrected chi connectivity index (χ3v) is 3.15. The minimum absolute atomic E-state index is 0.703. The van der Waals surface area contributed by atoms with Gasteiger partial charge in [-0.15, -0.1) is 0 Å². The van der Waals surface area contributed by atoms with Gasteiger partial charge in [0.25, 0.3) is 0 Å². The first-order chi connectivity index (χ1) is 8.93. The summed E-state index contributed by atoms with van der Waals surface area (Å²) in [6.07, 6.45) is 7.89. The van der Waals surface area contributed by atoms with E-state index in [0.29, 0.717) is 6.61 Å². The summed E-state index contributed by atoms with van der Waals surface area (Å²) < 4.78 is 5.71. The van der Waals surface area contributed by atoms with E-state index < -0.39 is 0 Å². The molecule has 1 aromatic heterocycles. The Morgan fingerprint density at radius 2 is 2.11 bits per heavy atom. The Kier molecular flexibility index (Phi) is 3.09. The molecule has 0 aliphatic carbocycles. The van der Waals surface area contributed by atoms with Crippen LogP contribution in [0.4, 0.5) is 0 Å². The summed E-state index contributed by atoms with van der Waals surface area (Å²) in [5.74, 6) is 1.02. The largest absolute Gasteiger partial charge is 0.489 e. The number of ether oxygens (including phenoxy) is 1. The Morgan fingerprint density at radius 3 is 3.00 bits per heavy atom. The van der Waals surface area contributed by atoms with Crippen molar-refractivity contribution in [3.05, 3.63) is 71.6 Å². The van der Waals surface area contributed by atoms with E-state index in [-0.39, 0.29) is 0 Å². The van der Waals surface area contributed by atoms with Gasteiger partial charge in [0.2, 0.25) is 0 Å². The molecule has 90 valence electrons. The van der Waals surface area contributed by atoms with Crippen molar-refractivity contribution < 1.29 is 4.74 Å². The molecule has 2 heterocycles. The van der Waals surface area contributed by atoms with Crippen molar-refractivity contribution in [1.29, 1.82) is 0 Å². The molecule has 2 aromatic rings. The molecular weight excluding hydrogens is 222 g/mol. The summed E-state index contributed by atoms with van der Waals surface area (Å²) in [5.41, 5.74) is 3.79. The average molecular weight is 237 g/mol. The molecule has 0 unspecified atom stereocenters. The Bertz CT molecular complexity index is 560. The van der Waals surface area contributed by atoms with Crippen molar-refractivity contribution in [2.24, 2.45) is 0 Å². The highest BCUT2D eigenvalue weighted by atomic mass is 16.5. The maximum atomic E-state index is 5.71. The molecule has 18 heavy (non-hydrogen) atoms. The minimum atomic E-state index is 0.703. The number of hydrogen-bond donors (Lipinski definition) is 0. The lowest BCUT2D eigenvalue weighted by Crippen LogP contribution is -1.86. The van der Waals surface area contributed by atoms with Gasteiger partial charge in [0, 0.05) is 23.5 Å². The predicted molar refractivity (Wildman–Crippen MR) is 71.8 cm³/mol. The molecule has 1 aliphatic rings. The van der Waals surface area contributed by atoms with Crippen molar-refractivity contribution in [2.45, 2.75) is 19.4 Å². The number of rotatable bonds is 3. The van der Waals surface area contributed by atoms with Crippen LogP contribution < -0.4 is 0 Å². The summed E-state index contributed by atoms with van der Waals surface area (Å²) in [7, 11) is 0. The molecule has 2 heteroatoms. The van der Waals surface area contributed by atoms with Crippen LogP contribution in [0.1, 0.15) is 23.1 Å². The summed E-state index contributed by atoms with van der Waals surface area (Å²) in [4.78, 5) is 4.12. The van der Waals surface area contributed by atoms with Gasteiger partial charge in [-0.3, -0.25) is 4.98 Å². The highest BCUT2D eigenvalue weighted by Crippen LogP contribution is 2.29. The zero-order chi connectivity index (χ0) is 12.2. The number of allylic oxidation sites excluding steroid dienone is 1. The highest BCUT2D eigenvalue weighted by Gasteiger charge is 2.15. The van der Waals surface area contributed by atoms with E-state index in [0.717, 1.165) is 18.6 Å². The molecule has 2 nitrogen and oxygen atoms in total. The van der Waals surface area contributed by atoms with E-state index in [1.807, 2.05) is 12.3 Å². The van der Waals surface area contributed by atoms with Gasteiger partial charge in [-0.1, -0.05) is 30.3 Å². The fraction of sp³-hybridized carbons (Fsp3) is 0.188. The molecule has 0 amide bonds. The van der Waals surface area contributed by atoms with Gasteiger partial charge in [-0.2, -0.15) is 0 Å². The number of nitrogens with zero attached hydrogens (tertiary/aromatic N) is 1. The summed E-state index contributed by atoms with van der Waals surface area (Å²) in [6, 6.07) is 12.4. The van der Waals surface area contributed by atoms with Crippen LogP contribution in [0.2, 0.25) is 0 Å². The number of aromatic nitrogens is 1. The number of pyridine rings is 1. The third kappa shape index (κ3) is 2.28. The Hall–Kier alpha value is -2.09. The molecule has 0 fully saturated rings. The molecule has 0 radical (unpaired) electrons. The van der Waals surface area contributed by atoms with Crippen molar-refractivity contribution in [2.75, 3.05) is 0 Å². The molecule has 1 aliphatic heterocycles. The molecule has 0 saturated heterocycles. The monoisotopic (exact) mass is 237 g/mol. The quantitative estimate of drug-likeness (QED) is 0.814. The minimum Gasteiger partial charge on any atom is -0.489 e. The van der Waals surface area contributed by atoms with E-state index in [9.17, 15) is 0 Å². The maximum Gasteiger partial charge on any atom is 0.123 e. The molecular formula is C16H15NO. The second-order valence-corrected chi connectivity index (χ2v) is 4.41. The van der Waals surface area contributed by atoms with E-state index >= 15 is 0 Å². The molecule has 0 saturated carbocycles. The van der Waals surface area contributed by atoms with Crippen LogP contribution in [0.3, 0.4) is 0 Å². The first kappa shape index (κ1) is 11.0. The van der Waals surface area contributed by atoms with Gasteiger partial charge >= 0.3 is 0 Å². The van der Waals surface area contributed by atoms with Crippen molar-refractivity contribution in [3.8, 4) is 0 Å². The second kappa shape index (κ2) is 5.05. The zero-order valence-electron chi connectivity index (χ0n) is 10.2. The maximum absolute atomic E-state index is 5.71. The molecule has 1 aromatic carbocycles. The smallest absolute Gasteiger partial charge is 0.123 e. The fourth-order valence-electron chi connectivity index (χ4n) is 2.20. The zero-order valence-corrected chi connectivity index (χ0v) is 10.2. The SMILES string of the molecule is C(CCc1cccnc1)=C1OCc2ccccc21. The van der Waals surface area contributed by atoms with Crippen LogP contribution in [0.25, 0.3) is 5.76 Å². The molecule has 0 spiro atoms.